The zero-order valence-corrected chi connectivity index (χ0v) is 14.3. The predicted molar refractivity (Wildman–Crippen MR) is 92.8 cm³/mol. The van der Waals surface area contributed by atoms with Crippen molar-refractivity contribution in [2.24, 2.45) is 0 Å². The molecule has 0 spiro atoms. The number of carbonyl (C=O) groups is 1. The number of rotatable bonds is 5. The molecule has 0 aliphatic carbocycles. The zero-order valence-electron chi connectivity index (χ0n) is 14.3. The average Bonchev–Trinajstić information content (AvgIpc) is 3.05. The third kappa shape index (κ3) is 4.42. The van der Waals surface area contributed by atoms with E-state index in [9.17, 15) is 13.6 Å². The first-order chi connectivity index (χ1) is 12.0. The average molecular weight is 344 g/mol. The molecule has 0 N–H and O–H groups in total. The van der Waals surface area contributed by atoms with Crippen molar-refractivity contribution in [1.29, 1.82) is 0 Å². The molecule has 0 radical (unpaired) electrons. The molecular weight excluding hydrogens is 322 g/mol. The molecule has 1 aliphatic rings. The minimum Gasteiger partial charge on any atom is -0.340 e. The molecule has 132 valence electrons. The summed E-state index contributed by atoms with van der Waals surface area (Å²) < 4.78 is 26.1. The maximum absolute atomic E-state index is 13.1. The Morgan fingerprint density at radius 1 is 1.08 bits per heavy atom. The summed E-state index contributed by atoms with van der Waals surface area (Å²) in [7, 11) is 1.76. The van der Waals surface area contributed by atoms with Crippen LogP contribution in [0.15, 0.2) is 48.5 Å². The molecule has 3 rings (SSSR count). The molecule has 0 aromatic heterocycles. The topological polar surface area (TPSA) is 23.6 Å². The van der Waals surface area contributed by atoms with E-state index in [1.165, 1.54) is 24.3 Å². The van der Waals surface area contributed by atoms with Crippen molar-refractivity contribution in [3.63, 3.8) is 0 Å². The highest BCUT2D eigenvalue weighted by atomic mass is 19.1. The smallest absolute Gasteiger partial charge is 0.236 e. The molecule has 5 heteroatoms. The van der Waals surface area contributed by atoms with E-state index in [4.69, 9.17) is 0 Å². The highest BCUT2D eigenvalue weighted by Gasteiger charge is 2.28. The van der Waals surface area contributed by atoms with E-state index in [1.54, 1.807) is 36.2 Å². The largest absolute Gasteiger partial charge is 0.340 e. The van der Waals surface area contributed by atoms with Crippen molar-refractivity contribution in [3.8, 4) is 0 Å². The predicted octanol–water partition coefficient (Wildman–Crippen LogP) is 3.76. The molecule has 1 unspecified atom stereocenters. The maximum atomic E-state index is 13.1. The van der Waals surface area contributed by atoms with E-state index in [1.807, 2.05) is 0 Å². The number of hydrogen-bond donors (Lipinski definition) is 0. The van der Waals surface area contributed by atoms with E-state index in [0.717, 1.165) is 30.5 Å². The van der Waals surface area contributed by atoms with Gasteiger partial charge in [0.2, 0.25) is 5.91 Å². The van der Waals surface area contributed by atoms with Crippen molar-refractivity contribution in [2.75, 3.05) is 20.1 Å². The summed E-state index contributed by atoms with van der Waals surface area (Å²) in [6, 6.07) is 12.9. The Balaban J connectivity index is 1.60. The highest BCUT2D eigenvalue weighted by molar-refractivity contribution is 5.78. The quantitative estimate of drug-likeness (QED) is 0.824. The molecule has 0 saturated carbocycles. The minimum atomic E-state index is -0.281. The number of hydrogen-bond acceptors (Lipinski definition) is 2. The SMILES string of the molecule is CN(Cc1ccc(F)cc1)C(=O)CN1CCCC1c1ccc(F)cc1. The van der Waals surface area contributed by atoms with Crippen LogP contribution in [0.5, 0.6) is 0 Å². The molecule has 1 heterocycles. The highest BCUT2D eigenvalue weighted by Crippen LogP contribution is 2.31. The van der Waals surface area contributed by atoms with Gasteiger partial charge in [-0.1, -0.05) is 24.3 Å². The zero-order chi connectivity index (χ0) is 17.8. The number of likely N-dealkylation sites (N-methyl/N-ethyl adjacent to an activating group) is 1. The normalized spacial score (nSPS) is 17.6. The molecule has 1 fully saturated rings. The van der Waals surface area contributed by atoms with Gasteiger partial charge >= 0.3 is 0 Å². The van der Waals surface area contributed by atoms with Crippen molar-refractivity contribution in [3.05, 3.63) is 71.3 Å². The van der Waals surface area contributed by atoms with E-state index >= 15 is 0 Å². The standard InChI is InChI=1S/C20H22F2N2O/c1-23(13-15-4-8-17(21)9-5-15)20(25)14-24-12-2-3-19(24)16-6-10-18(22)11-7-16/h4-11,19H,2-3,12-14H2,1H3. The van der Waals surface area contributed by atoms with Gasteiger partial charge in [0.1, 0.15) is 11.6 Å². The van der Waals surface area contributed by atoms with Crippen LogP contribution in [0.25, 0.3) is 0 Å². The van der Waals surface area contributed by atoms with Gasteiger partial charge in [-0.2, -0.15) is 0 Å². The van der Waals surface area contributed by atoms with E-state index in [-0.39, 0.29) is 23.6 Å². The van der Waals surface area contributed by atoms with Crippen LogP contribution in [0.1, 0.15) is 30.0 Å². The van der Waals surface area contributed by atoms with Gasteiger partial charge in [-0.25, -0.2) is 8.78 Å². The fourth-order valence-corrected chi connectivity index (χ4v) is 3.32. The lowest BCUT2D eigenvalue weighted by molar-refractivity contribution is -0.131. The lowest BCUT2D eigenvalue weighted by atomic mass is 10.0. The molecule has 2 aromatic rings. The second-order valence-corrected chi connectivity index (χ2v) is 6.56. The third-order valence-corrected chi connectivity index (χ3v) is 4.72. The number of benzene rings is 2. The van der Waals surface area contributed by atoms with Crippen LogP contribution in [-0.4, -0.2) is 35.8 Å². The fourth-order valence-electron chi connectivity index (χ4n) is 3.32. The first kappa shape index (κ1) is 17.5. The number of halogens is 2. The summed E-state index contributed by atoms with van der Waals surface area (Å²) in [6.45, 7) is 1.64. The van der Waals surface area contributed by atoms with Crippen LogP contribution in [-0.2, 0) is 11.3 Å². The summed E-state index contributed by atoms with van der Waals surface area (Å²) in [6.07, 6.45) is 2.00. The first-order valence-electron chi connectivity index (χ1n) is 8.51. The summed E-state index contributed by atoms with van der Waals surface area (Å²) in [5.41, 5.74) is 1.95. The Hall–Kier alpha value is -2.27. The van der Waals surface area contributed by atoms with Crippen LogP contribution in [0.2, 0.25) is 0 Å². The Kier molecular flexibility index (Phi) is 5.43. The van der Waals surface area contributed by atoms with Crippen LogP contribution >= 0.6 is 0 Å². The van der Waals surface area contributed by atoms with Crippen LogP contribution in [0, 0.1) is 11.6 Å². The first-order valence-corrected chi connectivity index (χ1v) is 8.51. The summed E-state index contributed by atoms with van der Waals surface area (Å²) >= 11 is 0. The van der Waals surface area contributed by atoms with Crippen LogP contribution in [0.4, 0.5) is 8.78 Å². The van der Waals surface area contributed by atoms with Gasteiger partial charge < -0.3 is 4.90 Å². The number of carbonyl (C=O) groups excluding carboxylic acids is 1. The van der Waals surface area contributed by atoms with Gasteiger partial charge in [-0.3, -0.25) is 9.69 Å². The number of nitrogens with zero attached hydrogens (tertiary/aromatic N) is 2. The molecule has 2 aromatic carbocycles. The maximum Gasteiger partial charge on any atom is 0.236 e. The van der Waals surface area contributed by atoms with Crippen LogP contribution < -0.4 is 0 Å². The van der Waals surface area contributed by atoms with Gasteiger partial charge in [-0.15, -0.1) is 0 Å². The molecule has 1 aliphatic heterocycles. The van der Waals surface area contributed by atoms with Crippen molar-refractivity contribution in [1.82, 2.24) is 9.80 Å². The van der Waals surface area contributed by atoms with E-state index in [2.05, 4.69) is 4.90 Å². The Bertz CT molecular complexity index is 715. The van der Waals surface area contributed by atoms with Gasteiger partial charge in [0.15, 0.2) is 0 Å². The van der Waals surface area contributed by atoms with Crippen LogP contribution in [0.3, 0.4) is 0 Å². The van der Waals surface area contributed by atoms with Crippen molar-refractivity contribution in [2.45, 2.75) is 25.4 Å². The lowest BCUT2D eigenvalue weighted by Crippen LogP contribution is -2.37. The molecule has 3 nitrogen and oxygen atoms in total. The van der Waals surface area contributed by atoms with Gasteiger partial charge in [0.05, 0.1) is 6.54 Å². The molecule has 1 saturated heterocycles. The summed E-state index contributed by atoms with van der Waals surface area (Å²) in [5.74, 6) is -0.501. The van der Waals surface area contributed by atoms with Crippen molar-refractivity contribution >= 4 is 5.91 Å². The monoisotopic (exact) mass is 344 g/mol. The third-order valence-electron chi connectivity index (χ3n) is 4.72. The Labute approximate surface area is 146 Å². The second kappa shape index (κ2) is 7.74. The summed E-state index contributed by atoms with van der Waals surface area (Å²) in [4.78, 5) is 16.4. The van der Waals surface area contributed by atoms with E-state index < -0.39 is 0 Å². The Morgan fingerprint density at radius 3 is 2.32 bits per heavy atom. The molecule has 1 atom stereocenters. The lowest BCUT2D eigenvalue weighted by Gasteiger charge is -2.27. The second-order valence-electron chi connectivity index (χ2n) is 6.56. The summed E-state index contributed by atoms with van der Waals surface area (Å²) in [5, 5.41) is 0. The number of amides is 1. The fraction of sp³-hybridized carbons (Fsp3) is 0.350. The minimum absolute atomic E-state index is 0.0262. The number of likely N-dealkylation sites (tertiary alicyclic amines) is 1. The van der Waals surface area contributed by atoms with Gasteiger partial charge in [0, 0.05) is 19.6 Å². The Morgan fingerprint density at radius 2 is 1.68 bits per heavy atom. The van der Waals surface area contributed by atoms with Gasteiger partial charge in [0.25, 0.3) is 0 Å². The van der Waals surface area contributed by atoms with Crippen molar-refractivity contribution < 1.29 is 13.6 Å². The molecule has 0 bridgehead atoms. The van der Waals surface area contributed by atoms with Gasteiger partial charge in [-0.05, 0) is 54.8 Å². The molecule has 25 heavy (non-hydrogen) atoms. The molecule has 1 amide bonds. The van der Waals surface area contributed by atoms with E-state index in [0.29, 0.717) is 13.1 Å². The molecular formula is C20H22F2N2O.